The van der Waals surface area contributed by atoms with Gasteiger partial charge in [-0.25, -0.2) is 0 Å². The molecule has 1 heterocycles. The largest absolute Gasteiger partial charge is 0.460 e. The number of ketones is 1. The minimum atomic E-state index is -0.474. The van der Waals surface area contributed by atoms with Crippen LogP contribution in [0.5, 0.6) is 0 Å². The fourth-order valence-corrected chi connectivity index (χ4v) is 4.03. The first-order chi connectivity index (χ1) is 14.6. The second-order valence-electron chi connectivity index (χ2n) is 8.54. The van der Waals surface area contributed by atoms with Crippen molar-refractivity contribution in [1.29, 1.82) is 0 Å². The molecule has 2 aromatic rings. The van der Waals surface area contributed by atoms with Crippen LogP contribution in [0.2, 0.25) is 10.0 Å². The van der Waals surface area contributed by atoms with E-state index >= 15 is 0 Å². The Hall–Kier alpha value is -1.92. The van der Waals surface area contributed by atoms with E-state index in [9.17, 15) is 9.59 Å². The van der Waals surface area contributed by atoms with Crippen molar-refractivity contribution in [2.75, 3.05) is 26.2 Å². The first-order valence-corrected chi connectivity index (χ1v) is 11.0. The van der Waals surface area contributed by atoms with Gasteiger partial charge in [0.05, 0.1) is 34.7 Å². The number of halogens is 2. The zero-order valence-corrected chi connectivity index (χ0v) is 19.5. The molecule has 5 nitrogen and oxygen atoms in total. The molecule has 1 aliphatic rings. The Labute approximate surface area is 193 Å². The molecule has 31 heavy (non-hydrogen) atoms. The summed E-state index contributed by atoms with van der Waals surface area (Å²) in [5.41, 5.74) is 1.32. The van der Waals surface area contributed by atoms with Crippen LogP contribution in [-0.2, 0) is 14.3 Å². The van der Waals surface area contributed by atoms with Gasteiger partial charge in [-0.2, -0.15) is 0 Å². The molecule has 1 saturated heterocycles. The number of esters is 1. The van der Waals surface area contributed by atoms with Gasteiger partial charge in [0.2, 0.25) is 0 Å². The molecule has 0 spiro atoms. The molecule has 0 radical (unpaired) electrons. The highest BCUT2D eigenvalue weighted by Gasteiger charge is 2.24. The predicted molar refractivity (Wildman–Crippen MR) is 122 cm³/mol. The summed E-state index contributed by atoms with van der Waals surface area (Å²) in [7, 11) is 0. The van der Waals surface area contributed by atoms with Gasteiger partial charge in [-0.1, -0.05) is 53.5 Å². The van der Waals surface area contributed by atoms with Crippen molar-refractivity contribution in [2.45, 2.75) is 38.9 Å². The van der Waals surface area contributed by atoms with E-state index in [1.807, 2.05) is 32.9 Å². The van der Waals surface area contributed by atoms with E-state index in [0.717, 1.165) is 12.1 Å². The molecule has 166 valence electrons. The lowest BCUT2D eigenvalue weighted by atomic mass is 9.99. The summed E-state index contributed by atoms with van der Waals surface area (Å²) in [6, 6.07) is 12.3. The van der Waals surface area contributed by atoms with Crippen molar-refractivity contribution < 1.29 is 19.1 Å². The Kier molecular flexibility index (Phi) is 7.76. The molecule has 7 heteroatoms. The molecule has 2 aromatic carbocycles. The number of hydrogen-bond donors (Lipinski definition) is 0. The monoisotopic (exact) mass is 463 g/mol. The summed E-state index contributed by atoms with van der Waals surface area (Å²) < 4.78 is 11.3. The van der Waals surface area contributed by atoms with Gasteiger partial charge >= 0.3 is 5.97 Å². The smallest absolute Gasteiger partial charge is 0.307 e. The van der Waals surface area contributed by atoms with E-state index in [0.29, 0.717) is 47.3 Å². The minimum Gasteiger partial charge on any atom is -0.460 e. The Morgan fingerprint density at radius 3 is 2.35 bits per heavy atom. The summed E-state index contributed by atoms with van der Waals surface area (Å²) in [6.45, 7) is 8.23. The number of hydrogen-bond acceptors (Lipinski definition) is 5. The van der Waals surface area contributed by atoms with Crippen LogP contribution in [-0.4, -0.2) is 48.5 Å². The van der Waals surface area contributed by atoms with Gasteiger partial charge in [0, 0.05) is 25.2 Å². The molecule has 1 atom stereocenters. The van der Waals surface area contributed by atoms with Crippen molar-refractivity contribution in [1.82, 2.24) is 4.90 Å². The molecular formula is C24H27Cl2NO4. The molecule has 0 amide bonds. The third-order valence-electron chi connectivity index (χ3n) is 4.94. The van der Waals surface area contributed by atoms with Crippen LogP contribution in [0.3, 0.4) is 0 Å². The summed E-state index contributed by atoms with van der Waals surface area (Å²) in [5, 5.41) is 0.663. The van der Waals surface area contributed by atoms with E-state index < -0.39 is 5.60 Å². The van der Waals surface area contributed by atoms with E-state index in [2.05, 4.69) is 4.90 Å². The van der Waals surface area contributed by atoms with E-state index in [1.54, 1.807) is 30.3 Å². The molecule has 0 bridgehead atoms. The van der Waals surface area contributed by atoms with E-state index in [1.165, 1.54) is 0 Å². The van der Waals surface area contributed by atoms with Crippen molar-refractivity contribution in [3.63, 3.8) is 0 Å². The average Bonchev–Trinajstić information content (AvgIpc) is 2.71. The second kappa shape index (κ2) is 10.1. The van der Waals surface area contributed by atoms with Gasteiger partial charge in [-0.15, -0.1) is 0 Å². The predicted octanol–water partition coefficient (Wildman–Crippen LogP) is 5.33. The molecule has 0 aromatic heterocycles. The SMILES string of the molecule is CC(C)(C)OC(=O)CCN1CCOC(c2ccc(C(=O)c3c(Cl)cccc3Cl)cc2)C1. The lowest BCUT2D eigenvalue weighted by Gasteiger charge is -2.33. The van der Waals surface area contributed by atoms with Gasteiger partial charge in [-0.05, 0) is 38.5 Å². The molecule has 1 fully saturated rings. The molecule has 1 aliphatic heterocycles. The number of morpholine rings is 1. The number of nitrogens with zero attached hydrogens (tertiary/aromatic N) is 1. The van der Waals surface area contributed by atoms with Gasteiger partial charge in [0.15, 0.2) is 5.78 Å². The topological polar surface area (TPSA) is 55.8 Å². The van der Waals surface area contributed by atoms with Gasteiger partial charge < -0.3 is 9.47 Å². The normalized spacial score (nSPS) is 17.4. The lowest BCUT2D eigenvalue weighted by molar-refractivity contribution is -0.155. The Balaban J connectivity index is 1.62. The fourth-order valence-electron chi connectivity index (χ4n) is 3.46. The van der Waals surface area contributed by atoms with Crippen molar-refractivity contribution in [2.24, 2.45) is 0 Å². The molecule has 1 unspecified atom stereocenters. The maximum atomic E-state index is 12.8. The maximum Gasteiger partial charge on any atom is 0.307 e. The highest BCUT2D eigenvalue weighted by molar-refractivity contribution is 6.41. The highest BCUT2D eigenvalue weighted by atomic mass is 35.5. The molecular weight excluding hydrogens is 437 g/mol. The average molecular weight is 464 g/mol. The van der Waals surface area contributed by atoms with Crippen LogP contribution in [0.15, 0.2) is 42.5 Å². The van der Waals surface area contributed by atoms with Crippen molar-refractivity contribution >= 4 is 35.0 Å². The number of benzene rings is 2. The van der Waals surface area contributed by atoms with Crippen LogP contribution in [0.1, 0.15) is 54.8 Å². The van der Waals surface area contributed by atoms with Crippen LogP contribution < -0.4 is 0 Å². The van der Waals surface area contributed by atoms with E-state index in [4.69, 9.17) is 32.7 Å². The highest BCUT2D eigenvalue weighted by Crippen LogP contribution is 2.28. The third-order valence-corrected chi connectivity index (χ3v) is 5.57. The molecule has 0 saturated carbocycles. The third kappa shape index (κ3) is 6.53. The zero-order chi connectivity index (χ0) is 22.6. The van der Waals surface area contributed by atoms with Gasteiger partial charge in [0.1, 0.15) is 5.60 Å². The fraction of sp³-hybridized carbons (Fsp3) is 0.417. The zero-order valence-electron chi connectivity index (χ0n) is 18.0. The van der Waals surface area contributed by atoms with Crippen molar-refractivity contribution in [3.8, 4) is 0 Å². The molecule has 0 N–H and O–H groups in total. The van der Waals surface area contributed by atoms with Crippen LogP contribution in [0.4, 0.5) is 0 Å². The number of ether oxygens (including phenoxy) is 2. The Morgan fingerprint density at radius 2 is 1.74 bits per heavy atom. The Morgan fingerprint density at radius 1 is 1.10 bits per heavy atom. The maximum absolute atomic E-state index is 12.8. The molecule has 3 rings (SSSR count). The Bertz CT molecular complexity index is 917. The summed E-state index contributed by atoms with van der Waals surface area (Å²) in [4.78, 5) is 27.0. The first-order valence-electron chi connectivity index (χ1n) is 10.3. The van der Waals surface area contributed by atoms with Crippen LogP contribution >= 0.6 is 23.2 Å². The standard InChI is InChI=1S/C24H27Cl2NO4/c1-24(2,3)31-21(28)11-12-27-13-14-30-20(15-27)16-7-9-17(10-8-16)23(29)22-18(25)5-4-6-19(22)26/h4-10,20H,11-15H2,1-3H3. The van der Waals surface area contributed by atoms with Crippen molar-refractivity contribution in [3.05, 3.63) is 69.2 Å². The minimum absolute atomic E-state index is 0.125. The summed E-state index contributed by atoms with van der Waals surface area (Å²) in [6.07, 6.45) is 0.219. The molecule has 0 aliphatic carbocycles. The van der Waals surface area contributed by atoms with Gasteiger partial charge in [0.25, 0.3) is 0 Å². The summed E-state index contributed by atoms with van der Waals surface area (Å²) in [5.74, 6) is -0.414. The summed E-state index contributed by atoms with van der Waals surface area (Å²) >= 11 is 12.3. The number of carbonyl (C=O) groups is 2. The second-order valence-corrected chi connectivity index (χ2v) is 9.36. The number of carbonyl (C=O) groups excluding carboxylic acids is 2. The van der Waals surface area contributed by atoms with Crippen LogP contribution in [0, 0.1) is 0 Å². The first kappa shape index (κ1) is 23.7. The lowest BCUT2D eigenvalue weighted by Crippen LogP contribution is -2.40. The van der Waals surface area contributed by atoms with Gasteiger partial charge in [-0.3, -0.25) is 14.5 Å². The quantitative estimate of drug-likeness (QED) is 0.427. The van der Waals surface area contributed by atoms with Crippen LogP contribution in [0.25, 0.3) is 0 Å². The number of rotatable bonds is 6. The van der Waals surface area contributed by atoms with E-state index in [-0.39, 0.29) is 17.9 Å².